The first-order valence-electron chi connectivity index (χ1n) is 5.62. The van der Waals surface area contributed by atoms with Crippen LogP contribution in [-0.2, 0) is 5.60 Å². The van der Waals surface area contributed by atoms with Gasteiger partial charge in [-0.05, 0) is 28.1 Å². The van der Waals surface area contributed by atoms with E-state index in [9.17, 15) is 5.11 Å². The number of aliphatic hydroxyl groups is 1. The molecule has 3 heterocycles. The molecule has 3 rings (SSSR count). The van der Waals surface area contributed by atoms with Crippen molar-refractivity contribution in [2.45, 2.75) is 12.0 Å². The summed E-state index contributed by atoms with van der Waals surface area (Å²) in [4.78, 5) is 6.37. The topological polar surface area (TPSA) is 77.9 Å². The van der Waals surface area contributed by atoms with Crippen molar-refractivity contribution >= 4 is 21.7 Å². The van der Waals surface area contributed by atoms with E-state index < -0.39 is 5.60 Å². The largest absolute Gasteiger partial charge is 0.381 e. The minimum Gasteiger partial charge on any atom is -0.381 e. The van der Waals surface area contributed by atoms with Crippen LogP contribution < -0.4 is 4.90 Å². The maximum atomic E-state index is 10.5. The number of H-pyrrole nitrogens is 1. The SMILES string of the molecule is O[C@]1(c2cn[nH]n2)CCN(c2ccc(Br)cn2)C1. The van der Waals surface area contributed by atoms with Crippen LogP contribution in [0.25, 0.3) is 0 Å². The monoisotopic (exact) mass is 309 g/mol. The van der Waals surface area contributed by atoms with Gasteiger partial charge in [0.05, 0.1) is 12.7 Å². The summed E-state index contributed by atoms with van der Waals surface area (Å²) < 4.78 is 0.942. The van der Waals surface area contributed by atoms with Gasteiger partial charge in [-0.2, -0.15) is 15.4 Å². The van der Waals surface area contributed by atoms with E-state index in [1.807, 2.05) is 17.0 Å². The molecule has 0 bridgehead atoms. The fraction of sp³-hybridized carbons (Fsp3) is 0.364. The van der Waals surface area contributed by atoms with Crippen molar-refractivity contribution in [1.29, 1.82) is 0 Å². The lowest BCUT2D eigenvalue weighted by Gasteiger charge is -2.21. The number of anilines is 1. The van der Waals surface area contributed by atoms with Crippen LogP contribution in [0.15, 0.2) is 29.0 Å². The van der Waals surface area contributed by atoms with Crippen LogP contribution in [0.1, 0.15) is 12.1 Å². The maximum Gasteiger partial charge on any atom is 0.129 e. The van der Waals surface area contributed by atoms with Gasteiger partial charge in [-0.1, -0.05) is 0 Å². The van der Waals surface area contributed by atoms with Crippen molar-refractivity contribution in [3.8, 4) is 0 Å². The van der Waals surface area contributed by atoms with Gasteiger partial charge in [-0.3, -0.25) is 0 Å². The van der Waals surface area contributed by atoms with Crippen molar-refractivity contribution in [3.05, 3.63) is 34.7 Å². The van der Waals surface area contributed by atoms with Crippen molar-refractivity contribution in [2.75, 3.05) is 18.0 Å². The van der Waals surface area contributed by atoms with Gasteiger partial charge in [0.1, 0.15) is 17.1 Å². The molecule has 0 radical (unpaired) electrons. The molecule has 94 valence electrons. The number of rotatable bonds is 2. The smallest absolute Gasteiger partial charge is 0.129 e. The van der Waals surface area contributed by atoms with E-state index in [4.69, 9.17) is 0 Å². The Labute approximate surface area is 112 Å². The summed E-state index contributed by atoms with van der Waals surface area (Å²) in [7, 11) is 0. The lowest BCUT2D eigenvalue weighted by Crippen LogP contribution is -2.31. The van der Waals surface area contributed by atoms with E-state index >= 15 is 0 Å². The minimum atomic E-state index is -0.943. The van der Waals surface area contributed by atoms with Crippen LogP contribution in [0.5, 0.6) is 0 Å². The molecule has 0 amide bonds. The molecule has 6 nitrogen and oxygen atoms in total. The number of nitrogens with one attached hydrogen (secondary N) is 1. The molecule has 2 N–H and O–H groups in total. The molecule has 1 aliphatic heterocycles. The zero-order valence-corrected chi connectivity index (χ0v) is 11.1. The van der Waals surface area contributed by atoms with E-state index in [-0.39, 0.29) is 0 Å². The van der Waals surface area contributed by atoms with E-state index in [2.05, 4.69) is 36.3 Å². The molecule has 2 aromatic rings. The number of halogens is 1. The second-order valence-corrected chi connectivity index (χ2v) is 5.31. The average molecular weight is 310 g/mol. The lowest BCUT2D eigenvalue weighted by atomic mass is 10.0. The summed E-state index contributed by atoms with van der Waals surface area (Å²) in [6, 6.07) is 3.87. The second-order valence-electron chi connectivity index (χ2n) is 4.39. The van der Waals surface area contributed by atoms with Gasteiger partial charge in [0.15, 0.2) is 0 Å². The quantitative estimate of drug-likeness (QED) is 0.867. The Bertz CT molecular complexity index is 529. The number of aromatic amines is 1. The number of β-amino-alcohol motifs (C(OH)–C–C–N with tert-alkyl or cyclic N) is 1. The molecule has 7 heteroatoms. The van der Waals surface area contributed by atoms with Crippen molar-refractivity contribution < 1.29 is 5.11 Å². The minimum absolute atomic E-state index is 0.480. The summed E-state index contributed by atoms with van der Waals surface area (Å²) in [6.45, 7) is 1.23. The van der Waals surface area contributed by atoms with E-state index in [1.54, 1.807) is 12.4 Å². The fourth-order valence-corrected chi connectivity index (χ4v) is 2.41. The van der Waals surface area contributed by atoms with Gasteiger partial charge >= 0.3 is 0 Å². The van der Waals surface area contributed by atoms with Crippen LogP contribution in [0, 0.1) is 0 Å². The number of pyridine rings is 1. The van der Waals surface area contributed by atoms with Crippen LogP contribution in [0.2, 0.25) is 0 Å². The summed E-state index contributed by atoms with van der Waals surface area (Å²) in [6.07, 6.45) is 3.94. The molecule has 0 unspecified atom stereocenters. The van der Waals surface area contributed by atoms with Crippen molar-refractivity contribution in [1.82, 2.24) is 20.4 Å². The number of hydrogen-bond acceptors (Lipinski definition) is 5. The fourth-order valence-electron chi connectivity index (χ4n) is 2.18. The van der Waals surface area contributed by atoms with E-state index in [1.165, 1.54) is 0 Å². The Morgan fingerprint density at radius 1 is 1.39 bits per heavy atom. The van der Waals surface area contributed by atoms with Crippen LogP contribution in [-0.4, -0.2) is 38.6 Å². The highest BCUT2D eigenvalue weighted by atomic mass is 79.9. The van der Waals surface area contributed by atoms with Gasteiger partial charge in [-0.15, -0.1) is 0 Å². The normalized spacial score (nSPS) is 23.6. The molecule has 2 aromatic heterocycles. The molecular weight excluding hydrogens is 298 g/mol. The first-order chi connectivity index (χ1) is 8.67. The molecule has 1 atom stereocenters. The average Bonchev–Trinajstić information content (AvgIpc) is 3.00. The maximum absolute atomic E-state index is 10.5. The number of nitrogens with zero attached hydrogens (tertiary/aromatic N) is 4. The van der Waals surface area contributed by atoms with Crippen molar-refractivity contribution in [3.63, 3.8) is 0 Å². The van der Waals surface area contributed by atoms with Crippen LogP contribution in [0.3, 0.4) is 0 Å². The van der Waals surface area contributed by atoms with Gasteiger partial charge in [-0.25, -0.2) is 4.98 Å². The highest BCUT2D eigenvalue weighted by Crippen LogP contribution is 2.32. The highest BCUT2D eigenvalue weighted by molar-refractivity contribution is 9.10. The Morgan fingerprint density at radius 3 is 2.94 bits per heavy atom. The van der Waals surface area contributed by atoms with E-state index in [0.29, 0.717) is 18.7 Å². The lowest BCUT2D eigenvalue weighted by molar-refractivity contribution is 0.0559. The molecule has 1 saturated heterocycles. The van der Waals surface area contributed by atoms with Crippen LogP contribution >= 0.6 is 15.9 Å². The van der Waals surface area contributed by atoms with Gasteiger partial charge in [0.2, 0.25) is 0 Å². The molecule has 18 heavy (non-hydrogen) atoms. The summed E-state index contributed by atoms with van der Waals surface area (Å²) in [5.74, 6) is 0.859. The van der Waals surface area contributed by atoms with Gasteiger partial charge in [0.25, 0.3) is 0 Å². The molecule has 0 aliphatic carbocycles. The third-order valence-electron chi connectivity index (χ3n) is 3.18. The molecular formula is C11H12BrN5O. The summed E-state index contributed by atoms with van der Waals surface area (Å²) in [5.41, 5.74) is -0.357. The standard InChI is InChI=1S/C11H12BrN5O/c12-8-1-2-10(13-5-8)17-4-3-11(18,7-17)9-6-14-16-15-9/h1-2,5-6,18H,3-4,7H2,(H,14,15,16)/t11-/m1/s1. The predicted octanol–water partition coefficient (Wildman–Crippen LogP) is 1.06. The third kappa shape index (κ3) is 1.99. The Hall–Kier alpha value is -1.47. The highest BCUT2D eigenvalue weighted by Gasteiger charge is 2.40. The van der Waals surface area contributed by atoms with E-state index in [0.717, 1.165) is 16.8 Å². The zero-order valence-electron chi connectivity index (χ0n) is 9.54. The number of hydrogen-bond donors (Lipinski definition) is 2. The first-order valence-corrected chi connectivity index (χ1v) is 6.42. The molecule has 1 fully saturated rings. The van der Waals surface area contributed by atoms with Crippen molar-refractivity contribution in [2.24, 2.45) is 0 Å². The molecule has 0 aromatic carbocycles. The molecule has 0 spiro atoms. The van der Waals surface area contributed by atoms with Crippen LogP contribution in [0.4, 0.5) is 5.82 Å². The Morgan fingerprint density at radius 2 is 2.28 bits per heavy atom. The molecule has 1 aliphatic rings. The van der Waals surface area contributed by atoms with Gasteiger partial charge < -0.3 is 10.0 Å². The first kappa shape index (κ1) is 11.6. The number of aromatic nitrogens is 4. The Kier molecular flexibility index (Phi) is 2.79. The summed E-state index contributed by atoms with van der Waals surface area (Å²) >= 11 is 3.36. The zero-order chi connectivity index (χ0) is 12.6. The second kappa shape index (κ2) is 4.33. The molecule has 0 saturated carbocycles. The Balaban J connectivity index is 1.81. The predicted molar refractivity (Wildman–Crippen MR) is 69.0 cm³/mol. The third-order valence-corrected chi connectivity index (χ3v) is 3.64. The summed E-state index contributed by atoms with van der Waals surface area (Å²) in [5, 5.41) is 20.8. The van der Waals surface area contributed by atoms with Gasteiger partial charge in [0, 0.05) is 23.6 Å².